The number of hydrogen-bond acceptors (Lipinski definition) is 2. The van der Waals surface area contributed by atoms with Crippen LogP contribution in [0.2, 0.25) is 0 Å². The summed E-state index contributed by atoms with van der Waals surface area (Å²) in [5, 5.41) is 6.55. The first kappa shape index (κ1) is 14.4. The van der Waals surface area contributed by atoms with E-state index in [2.05, 4.69) is 35.5 Å². The Hall–Kier alpha value is -1.71. The summed E-state index contributed by atoms with van der Waals surface area (Å²) < 4.78 is 5.19. The molecule has 1 aromatic rings. The van der Waals surface area contributed by atoms with Crippen molar-refractivity contribution in [3.8, 4) is 5.75 Å². The summed E-state index contributed by atoms with van der Waals surface area (Å²) in [7, 11) is 3.46. The van der Waals surface area contributed by atoms with Gasteiger partial charge in [-0.1, -0.05) is 26.0 Å². The average Bonchev–Trinajstić information content (AvgIpc) is 2.39. The Kier molecular flexibility index (Phi) is 6.05. The minimum absolute atomic E-state index is 0.598. The van der Waals surface area contributed by atoms with E-state index < -0.39 is 0 Å². The van der Waals surface area contributed by atoms with Crippen molar-refractivity contribution in [2.24, 2.45) is 10.9 Å². The fourth-order valence-corrected chi connectivity index (χ4v) is 1.49. The summed E-state index contributed by atoms with van der Waals surface area (Å²) in [5.74, 6) is 2.30. The fourth-order valence-electron chi connectivity index (χ4n) is 1.49. The first-order chi connectivity index (χ1) is 8.65. The van der Waals surface area contributed by atoms with E-state index in [1.165, 1.54) is 5.56 Å². The minimum Gasteiger partial charge on any atom is -0.497 e. The third-order valence-electron chi connectivity index (χ3n) is 2.50. The molecule has 0 aromatic heterocycles. The smallest absolute Gasteiger partial charge is 0.191 e. The quantitative estimate of drug-likeness (QED) is 0.620. The SMILES string of the molecule is CN=C(NCc1cccc(OC)c1)NCC(C)C. The molecule has 1 rings (SSSR count). The number of nitrogens with one attached hydrogen (secondary N) is 2. The van der Waals surface area contributed by atoms with E-state index in [-0.39, 0.29) is 0 Å². The lowest BCUT2D eigenvalue weighted by molar-refractivity contribution is 0.414. The molecule has 0 aliphatic heterocycles. The summed E-state index contributed by atoms with van der Waals surface area (Å²) in [4.78, 5) is 4.18. The molecule has 0 saturated carbocycles. The summed E-state index contributed by atoms with van der Waals surface area (Å²) in [6.45, 7) is 5.98. The van der Waals surface area contributed by atoms with Crippen LogP contribution in [0.1, 0.15) is 19.4 Å². The van der Waals surface area contributed by atoms with Gasteiger partial charge in [-0.05, 0) is 23.6 Å². The second-order valence-electron chi connectivity index (χ2n) is 4.55. The zero-order chi connectivity index (χ0) is 13.4. The highest BCUT2D eigenvalue weighted by Crippen LogP contribution is 2.11. The van der Waals surface area contributed by atoms with E-state index in [9.17, 15) is 0 Å². The van der Waals surface area contributed by atoms with Crippen molar-refractivity contribution in [2.45, 2.75) is 20.4 Å². The van der Waals surface area contributed by atoms with Crippen LogP contribution < -0.4 is 15.4 Å². The first-order valence-corrected chi connectivity index (χ1v) is 6.23. The molecule has 0 fully saturated rings. The maximum atomic E-state index is 5.19. The maximum absolute atomic E-state index is 5.19. The van der Waals surface area contributed by atoms with Gasteiger partial charge in [0.15, 0.2) is 5.96 Å². The molecule has 0 saturated heterocycles. The third-order valence-corrected chi connectivity index (χ3v) is 2.50. The summed E-state index contributed by atoms with van der Waals surface area (Å²) >= 11 is 0. The molecule has 0 heterocycles. The highest BCUT2D eigenvalue weighted by atomic mass is 16.5. The number of ether oxygens (including phenoxy) is 1. The van der Waals surface area contributed by atoms with Gasteiger partial charge in [0.25, 0.3) is 0 Å². The molecule has 0 bridgehead atoms. The van der Waals surface area contributed by atoms with Gasteiger partial charge in [0, 0.05) is 20.1 Å². The van der Waals surface area contributed by atoms with Crippen LogP contribution >= 0.6 is 0 Å². The predicted octanol–water partition coefficient (Wildman–Crippen LogP) is 2.02. The molecule has 2 N–H and O–H groups in total. The molecule has 0 spiro atoms. The standard InChI is InChI=1S/C14H23N3O/c1-11(2)9-16-14(15-3)17-10-12-6-5-7-13(8-12)18-4/h5-8,11H,9-10H2,1-4H3,(H2,15,16,17). The molecule has 0 amide bonds. The Balaban J connectivity index is 2.47. The van der Waals surface area contributed by atoms with Crippen molar-refractivity contribution < 1.29 is 4.74 Å². The van der Waals surface area contributed by atoms with Crippen molar-refractivity contribution in [1.29, 1.82) is 0 Å². The molecule has 0 unspecified atom stereocenters. The highest BCUT2D eigenvalue weighted by molar-refractivity contribution is 5.79. The molecular weight excluding hydrogens is 226 g/mol. The normalized spacial score (nSPS) is 11.5. The van der Waals surface area contributed by atoms with Gasteiger partial charge in [-0.3, -0.25) is 4.99 Å². The van der Waals surface area contributed by atoms with Gasteiger partial charge in [0.2, 0.25) is 0 Å². The maximum Gasteiger partial charge on any atom is 0.191 e. The Morgan fingerprint density at radius 2 is 2.11 bits per heavy atom. The molecule has 4 heteroatoms. The third kappa shape index (κ3) is 5.08. The van der Waals surface area contributed by atoms with Gasteiger partial charge in [-0.15, -0.1) is 0 Å². The number of rotatable bonds is 5. The van der Waals surface area contributed by atoms with E-state index in [1.807, 2.05) is 18.2 Å². The molecule has 1 aromatic carbocycles. The van der Waals surface area contributed by atoms with Crippen LogP contribution in [-0.4, -0.2) is 26.7 Å². The second kappa shape index (κ2) is 7.58. The highest BCUT2D eigenvalue weighted by Gasteiger charge is 2.00. The van der Waals surface area contributed by atoms with Gasteiger partial charge < -0.3 is 15.4 Å². The largest absolute Gasteiger partial charge is 0.497 e. The summed E-state index contributed by atoms with van der Waals surface area (Å²) in [6.07, 6.45) is 0. The van der Waals surface area contributed by atoms with E-state index in [4.69, 9.17) is 4.74 Å². The number of benzene rings is 1. The van der Waals surface area contributed by atoms with Crippen LogP contribution in [0, 0.1) is 5.92 Å². The molecule has 18 heavy (non-hydrogen) atoms. The van der Waals surface area contributed by atoms with E-state index >= 15 is 0 Å². The molecule has 0 aliphatic rings. The van der Waals surface area contributed by atoms with E-state index in [1.54, 1.807) is 14.2 Å². The number of aliphatic imine (C=N–C) groups is 1. The minimum atomic E-state index is 0.598. The number of guanidine groups is 1. The number of methoxy groups -OCH3 is 1. The van der Waals surface area contributed by atoms with Crippen molar-refractivity contribution in [3.05, 3.63) is 29.8 Å². The lowest BCUT2D eigenvalue weighted by atomic mass is 10.2. The van der Waals surface area contributed by atoms with Crippen molar-refractivity contribution in [3.63, 3.8) is 0 Å². The lowest BCUT2D eigenvalue weighted by Gasteiger charge is -2.13. The van der Waals surface area contributed by atoms with Crippen LogP contribution in [0.15, 0.2) is 29.3 Å². The van der Waals surface area contributed by atoms with Gasteiger partial charge in [-0.25, -0.2) is 0 Å². The topological polar surface area (TPSA) is 45.7 Å². The monoisotopic (exact) mass is 249 g/mol. The van der Waals surface area contributed by atoms with Crippen LogP contribution in [0.25, 0.3) is 0 Å². The molecular formula is C14H23N3O. The first-order valence-electron chi connectivity index (χ1n) is 6.23. The molecule has 4 nitrogen and oxygen atoms in total. The number of hydrogen-bond donors (Lipinski definition) is 2. The summed E-state index contributed by atoms with van der Waals surface area (Å²) in [6, 6.07) is 8.00. The van der Waals surface area contributed by atoms with Gasteiger partial charge in [-0.2, -0.15) is 0 Å². The zero-order valence-corrected chi connectivity index (χ0v) is 11.7. The van der Waals surface area contributed by atoms with Crippen molar-refractivity contribution in [2.75, 3.05) is 20.7 Å². The van der Waals surface area contributed by atoms with Crippen LogP contribution in [0.5, 0.6) is 5.75 Å². The molecule has 0 radical (unpaired) electrons. The van der Waals surface area contributed by atoms with Crippen LogP contribution in [-0.2, 0) is 6.54 Å². The predicted molar refractivity (Wildman–Crippen MR) is 76.0 cm³/mol. The van der Waals surface area contributed by atoms with Crippen LogP contribution in [0.3, 0.4) is 0 Å². The van der Waals surface area contributed by atoms with Crippen LogP contribution in [0.4, 0.5) is 0 Å². The van der Waals surface area contributed by atoms with Gasteiger partial charge in [0.1, 0.15) is 5.75 Å². The Bertz CT molecular complexity index is 388. The van der Waals surface area contributed by atoms with E-state index in [0.29, 0.717) is 5.92 Å². The average molecular weight is 249 g/mol. The second-order valence-corrected chi connectivity index (χ2v) is 4.55. The van der Waals surface area contributed by atoms with Crippen molar-refractivity contribution in [1.82, 2.24) is 10.6 Å². The molecule has 0 atom stereocenters. The van der Waals surface area contributed by atoms with Crippen molar-refractivity contribution >= 4 is 5.96 Å². The Morgan fingerprint density at radius 1 is 1.33 bits per heavy atom. The van der Waals surface area contributed by atoms with Gasteiger partial charge >= 0.3 is 0 Å². The lowest BCUT2D eigenvalue weighted by Crippen LogP contribution is -2.38. The molecule has 100 valence electrons. The Labute approximate surface area is 109 Å². The fraction of sp³-hybridized carbons (Fsp3) is 0.500. The summed E-state index contributed by atoms with van der Waals surface area (Å²) in [5.41, 5.74) is 1.17. The Morgan fingerprint density at radius 3 is 2.72 bits per heavy atom. The zero-order valence-electron chi connectivity index (χ0n) is 11.7. The van der Waals surface area contributed by atoms with Gasteiger partial charge in [0.05, 0.1) is 7.11 Å². The van der Waals surface area contributed by atoms with E-state index in [0.717, 1.165) is 24.8 Å². The number of nitrogens with zero attached hydrogens (tertiary/aromatic N) is 1. The molecule has 0 aliphatic carbocycles.